The van der Waals surface area contributed by atoms with Crippen molar-refractivity contribution in [1.82, 2.24) is 29.9 Å². The van der Waals surface area contributed by atoms with Crippen LogP contribution < -0.4 is 5.32 Å². The van der Waals surface area contributed by atoms with Gasteiger partial charge in [0.05, 0.1) is 0 Å². The molecule has 2 heterocycles. The maximum Gasteiger partial charge on any atom is 0.410 e. The van der Waals surface area contributed by atoms with E-state index in [9.17, 15) is 4.79 Å². The summed E-state index contributed by atoms with van der Waals surface area (Å²) < 4.78 is 7.78. The predicted octanol–water partition coefficient (Wildman–Crippen LogP) is 3.15. The number of aromatic nitrogens is 3. The zero-order valence-electron chi connectivity index (χ0n) is 20.2. The number of rotatable bonds is 7. The fourth-order valence-electron chi connectivity index (χ4n) is 4.02. The Morgan fingerprint density at radius 2 is 1.97 bits per heavy atom. The molecular weight excluding hydrogens is 521 g/mol. The van der Waals surface area contributed by atoms with Gasteiger partial charge in [-0.3, -0.25) is 4.99 Å². The number of nitrogens with one attached hydrogen (secondary N) is 1. The van der Waals surface area contributed by atoms with Crippen molar-refractivity contribution in [2.75, 3.05) is 33.2 Å². The van der Waals surface area contributed by atoms with Gasteiger partial charge in [-0.25, -0.2) is 4.79 Å². The Labute approximate surface area is 209 Å². The number of halogens is 1. The number of hydrogen-bond donors (Lipinski definition) is 1. The SMILES string of the molecule is CCc1nncn1CCNC(=NC)N1CCC(N(CC2CC2)C(=O)OC(C)(C)C)CC1.I. The normalized spacial score (nSPS) is 17.7. The number of piperidine rings is 1. The van der Waals surface area contributed by atoms with Crippen LogP contribution in [0.4, 0.5) is 4.79 Å². The van der Waals surface area contributed by atoms with E-state index in [1.807, 2.05) is 32.7 Å². The average Bonchev–Trinajstić information content (AvgIpc) is 3.44. The number of amides is 1. The van der Waals surface area contributed by atoms with E-state index in [1.54, 1.807) is 6.33 Å². The molecule has 1 aromatic heterocycles. The van der Waals surface area contributed by atoms with Crippen LogP contribution in [0.25, 0.3) is 0 Å². The van der Waals surface area contributed by atoms with Crippen LogP contribution in [0.5, 0.6) is 0 Å². The summed E-state index contributed by atoms with van der Waals surface area (Å²) in [6, 6.07) is 0.231. The summed E-state index contributed by atoms with van der Waals surface area (Å²) in [6.45, 7) is 12.0. The monoisotopic (exact) mass is 561 g/mol. The Hall–Kier alpha value is -1.59. The van der Waals surface area contributed by atoms with E-state index in [4.69, 9.17) is 4.74 Å². The Balaban J connectivity index is 0.00000363. The van der Waals surface area contributed by atoms with E-state index in [-0.39, 0.29) is 36.1 Å². The highest BCUT2D eigenvalue weighted by atomic mass is 127. The molecule has 0 radical (unpaired) electrons. The van der Waals surface area contributed by atoms with E-state index in [0.29, 0.717) is 5.92 Å². The molecule has 1 aliphatic carbocycles. The molecule has 2 aliphatic rings. The summed E-state index contributed by atoms with van der Waals surface area (Å²) in [7, 11) is 1.82. The van der Waals surface area contributed by atoms with Gasteiger partial charge in [-0.2, -0.15) is 0 Å². The molecule has 1 N–H and O–H groups in total. The van der Waals surface area contributed by atoms with Crippen molar-refractivity contribution < 1.29 is 9.53 Å². The second-order valence-corrected chi connectivity index (χ2v) is 9.56. The molecule has 182 valence electrons. The van der Waals surface area contributed by atoms with Gasteiger partial charge in [0.15, 0.2) is 5.96 Å². The molecule has 0 spiro atoms. The topological polar surface area (TPSA) is 87.9 Å². The largest absolute Gasteiger partial charge is 0.444 e. The lowest BCUT2D eigenvalue weighted by atomic mass is 10.0. The van der Waals surface area contributed by atoms with E-state index in [1.165, 1.54) is 12.8 Å². The van der Waals surface area contributed by atoms with Crippen molar-refractivity contribution in [1.29, 1.82) is 0 Å². The molecule has 10 heteroatoms. The number of ether oxygens (including phenoxy) is 1. The maximum absolute atomic E-state index is 12.8. The standard InChI is InChI=1S/C22H39N7O2.HI/c1-6-19-26-25-16-28(19)14-11-24-20(23-5)27-12-9-18(10-13-27)29(15-17-7-8-17)21(30)31-22(2,3)4;/h16-18H,6-15H2,1-5H3,(H,23,24);1H. The Kier molecular flexibility index (Phi) is 10.0. The Bertz CT molecular complexity index is 750. The molecule has 0 unspecified atom stereocenters. The van der Waals surface area contributed by atoms with Crippen molar-refractivity contribution in [2.24, 2.45) is 10.9 Å². The summed E-state index contributed by atoms with van der Waals surface area (Å²) in [6.07, 6.45) is 6.79. The average molecular weight is 562 g/mol. The highest BCUT2D eigenvalue weighted by Crippen LogP contribution is 2.32. The van der Waals surface area contributed by atoms with Gasteiger partial charge in [0.2, 0.25) is 0 Å². The van der Waals surface area contributed by atoms with E-state index >= 15 is 0 Å². The maximum atomic E-state index is 12.8. The third-order valence-electron chi connectivity index (χ3n) is 5.84. The molecule has 3 rings (SSSR count). The van der Waals surface area contributed by atoms with Crippen LogP contribution >= 0.6 is 24.0 Å². The molecule has 1 aliphatic heterocycles. The van der Waals surface area contributed by atoms with Crippen molar-refractivity contribution in [2.45, 2.75) is 78.0 Å². The quantitative estimate of drug-likeness (QED) is 0.313. The number of carbonyl (C=O) groups excluding carboxylic acids is 1. The Morgan fingerprint density at radius 1 is 1.28 bits per heavy atom. The molecule has 0 atom stereocenters. The third kappa shape index (κ3) is 7.77. The first kappa shape index (κ1) is 26.7. The minimum atomic E-state index is -0.464. The van der Waals surface area contributed by atoms with E-state index < -0.39 is 5.60 Å². The number of hydrogen-bond acceptors (Lipinski definition) is 5. The van der Waals surface area contributed by atoms with Gasteiger partial charge < -0.3 is 24.4 Å². The second kappa shape index (κ2) is 12.0. The van der Waals surface area contributed by atoms with Gasteiger partial charge >= 0.3 is 6.09 Å². The lowest BCUT2D eigenvalue weighted by Crippen LogP contribution is -2.52. The van der Waals surface area contributed by atoms with Gasteiger partial charge in [-0.05, 0) is 52.4 Å². The second-order valence-electron chi connectivity index (χ2n) is 9.56. The van der Waals surface area contributed by atoms with Gasteiger partial charge in [-0.15, -0.1) is 34.2 Å². The summed E-state index contributed by atoms with van der Waals surface area (Å²) >= 11 is 0. The molecule has 1 saturated carbocycles. The van der Waals surface area contributed by atoms with E-state index in [2.05, 4.69) is 36.9 Å². The van der Waals surface area contributed by atoms with Crippen molar-refractivity contribution in [3.05, 3.63) is 12.2 Å². The number of aliphatic imine (C=N–C) groups is 1. The molecule has 1 amide bonds. The molecule has 1 aromatic rings. The number of carbonyl (C=O) groups is 1. The zero-order valence-corrected chi connectivity index (χ0v) is 22.5. The lowest BCUT2D eigenvalue weighted by Gasteiger charge is -2.40. The summed E-state index contributed by atoms with van der Waals surface area (Å²) in [5, 5.41) is 11.6. The fraction of sp³-hybridized carbons (Fsp3) is 0.818. The predicted molar refractivity (Wildman–Crippen MR) is 136 cm³/mol. The highest BCUT2D eigenvalue weighted by Gasteiger charge is 2.35. The first-order valence-electron chi connectivity index (χ1n) is 11.6. The fourth-order valence-corrected chi connectivity index (χ4v) is 4.02. The van der Waals surface area contributed by atoms with Crippen LogP contribution in [-0.2, 0) is 17.7 Å². The number of nitrogens with zero attached hydrogens (tertiary/aromatic N) is 6. The highest BCUT2D eigenvalue weighted by molar-refractivity contribution is 14.0. The van der Waals surface area contributed by atoms with Gasteiger partial charge in [0.25, 0.3) is 0 Å². The van der Waals surface area contributed by atoms with Gasteiger partial charge in [-0.1, -0.05) is 6.92 Å². The molecule has 1 saturated heterocycles. The third-order valence-corrected chi connectivity index (χ3v) is 5.84. The molecule has 2 fully saturated rings. The first-order chi connectivity index (χ1) is 14.8. The van der Waals surface area contributed by atoms with Gasteiger partial charge in [0.1, 0.15) is 17.8 Å². The van der Waals surface area contributed by atoms with Gasteiger partial charge in [0, 0.05) is 52.2 Å². The number of aryl methyl sites for hydroxylation is 1. The van der Waals surface area contributed by atoms with Crippen molar-refractivity contribution >= 4 is 36.0 Å². The summed E-state index contributed by atoms with van der Waals surface area (Å²) in [5.74, 6) is 2.55. The summed E-state index contributed by atoms with van der Waals surface area (Å²) in [5.41, 5.74) is -0.464. The number of likely N-dealkylation sites (tertiary alicyclic amines) is 1. The minimum absolute atomic E-state index is 0. The summed E-state index contributed by atoms with van der Waals surface area (Å²) in [4.78, 5) is 21.6. The molecule has 0 aromatic carbocycles. The molecule has 32 heavy (non-hydrogen) atoms. The van der Waals surface area contributed by atoms with Crippen LogP contribution in [0.1, 0.15) is 59.2 Å². The van der Waals surface area contributed by atoms with Crippen LogP contribution in [0.2, 0.25) is 0 Å². The minimum Gasteiger partial charge on any atom is -0.444 e. The molecular formula is C22H40IN7O2. The smallest absolute Gasteiger partial charge is 0.410 e. The van der Waals surface area contributed by atoms with E-state index in [0.717, 1.165) is 63.8 Å². The Morgan fingerprint density at radius 3 is 2.53 bits per heavy atom. The lowest BCUT2D eigenvalue weighted by molar-refractivity contribution is 0.00928. The van der Waals surface area contributed by atoms with Crippen molar-refractivity contribution in [3.63, 3.8) is 0 Å². The number of guanidine groups is 1. The first-order valence-corrected chi connectivity index (χ1v) is 11.6. The molecule has 9 nitrogen and oxygen atoms in total. The van der Waals surface area contributed by atoms with Crippen LogP contribution in [0.15, 0.2) is 11.3 Å². The van der Waals surface area contributed by atoms with Crippen LogP contribution in [0.3, 0.4) is 0 Å². The zero-order chi connectivity index (χ0) is 22.4. The van der Waals surface area contributed by atoms with Crippen molar-refractivity contribution in [3.8, 4) is 0 Å². The van der Waals surface area contributed by atoms with Crippen LogP contribution in [0, 0.1) is 5.92 Å². The molecule has 0 bridgehead atoms. The van der Waals surface area contributed by atoms with Crippen LogP contribution in [-0.4, -0.2) is 81.5 Å².